The second-order valence-electron chi connectivity index (χ2n) is 6.74. The molecule has 1 N–H and O–H groups in total. The van der Waals surface area contributed by atoms with E-state index in [1.54, 1.807) is 6.07 Å². The van der Waals surface area contributed by atoms with Gasteiger partial charge in [-0.2, -0.15) is 0 Å². The Bertz CT molecular complexity index is 1140. The van der Waals surface area contributed by atoms with Crippen molar-refractivity contribution in [2.24, 2.45) is 0 Å². The maximum absolute atomic E-state index is 10.7. The molecule has 0 bridgehead atoms. The number of phenolic OH excluding ortho intramolecular Hbond substituents is 1. The number of fused-ring (bicyclic) bond motifs is 2. The van der Waals surface area contributed by atoms with Gasteiger partial charge in [0.15, 0.2) is 0 Å². The SMILES string of the molecule is Oc1ccc2ccccc2c1C1=CC(c2ccccc2)c2ccccc21. The molecule has 4 aromatic rings. The van der Waals surface area contributed by atoms with Crippen LogP contribution in [0.3, 0.4) is 0 Å². The third-order valence-electron chi connectivity index (χ3n) is 5.25. The summed E-state index contributed by atoms with van der Waals surface area (Å²) in [6.45, 7) is 0. The Balaban J connectivity index is 1.79. The highest BCUT2D eigenvalue weighted by Gasteiger charge is 2.27. The molecular weight excluding hydrogens is 316 g/mol. The summed E-state index contributed by atoms with van der Waals surface area (Å²) in [6.07, 6.45) is 2.29. The van der Waals surface area contributed by atoms with Crippen LogP contribution in [-0.2, 0) is 0 Å². The van der Waals surface area contributed by atoms with Gasteiger partial charge in [0.05, 0.1) is 0 Å². The number of hydrogen-bond acceptors (Lipinski definition) is 1. The Hall–Kier alpha value is -3.32. The first-order chi connectivity index (χ1) is 12.8. The Morgan fingerprint density at radius 2 is 1.38 bits per heavy atom. The van der Waals surface area contributed by atoms with Crippen molar-refractivity contribution >= 4 is 16.3 Å². The van der Waals surface area contributed by atoms with E-state index in [-0.39, 0.29) is 5.92 Å². The molecule has 4 aromatic carbocycles. The normalized spacial score (nSPS) is 15.7. The van der Waals surface area contributed by atoms with Gasteiger partial charge in [0, 0.05) is 11.5 Å². The molecule has 5 rings (SSSR count). The Kier molecular flexibility index (Phi) is 3.39. The van der Waals surface area contributed by atoms with Gasteiger partial charge < -0.3 is 5.11 Å². The van der Waals surface area contributed by atoms with Gasteiger partial charge in [-0.25, -0.2) is 0 Å². The van der Waals surface area contributed by atoms with Crippen molar-refractivity contribution in [3.8, 4) is 5.75 Å². The van der Waals surface area contributed by atoms with Crippen molar-refractivity contribution in [1.82, 2.24) is 0 Å². The van der Waals surface area contributed by atoms with Gasteiger partial charge in [0.25, 0.3) is 0 Å². The molecule has 26 heavy (non-hydrogen) atoms. The lowest BCUT2D eigenvalue weighted by molar-refractivity contribution is 0.474. The number of benzene rings is 4. The minimum atomic E-state index is 0.209. The fourth-order valence-corrected chi connectivity index (χ4v) is 4.06. The van der Waals surface area contributed by atoms with Crippen molar-refractivity contribution in [2.75, 3.05) is 0 Å². The fourth-order valence-electron chi connectivity index (χ4n) is 4.06. The smallest absolute Gasteiger partial charge is 0.124 e. The standard InChI is InChI=1S/C25H18O/c26-24-15-14-18-10-4-5-11-19(18)25(24)23-16-22(17-8-2-1-3-9-17)20-12-6-7-13-21(20)23/h1-16,22,26H. The Morgan fingerprint density at radius 3 is 2.27 bits per heavy atom. The summed E-state index contributed by atoms with van der Waals surface area (Å²) in [4.78, 5) is 0. The molecule has 1 atom stereocenters. The van der Waals surface area contributed by atoms with Gasteiger partial charge in [-0.3, -0.25) is 0 Å². The van der Waals surface area contributed by atoms with E-state index in [1.807, 2.05) is 24.3 Å². The van der Waals surface area contributed by atoms with Crippen molar-refractivity contribution in [1.29, 1.82) is 0 Å². The highest BCUT2D eigenvalue weighted by atomic mass is 16.3. The van der Waals surface area contributed by atoms with Crippen LogP contribution in [0.15, 0.2) is 97.1 Å². The predicted octanol–water partition coefficient (Wildman–Crippen LogP) is 6.12. The summed E-state index contributed by atoms with van der Waals surface area (Å²) >= 11 is 0. The number of aromatic hydroxyl groups is 1. The zero-order valence-corrected chi connectivity index (χ0v) is 14.3. The van der Waals surface area contributed by atoms with Crippen molar-refractivity contribution in [3.63, 3.8) is 0 Å². The molecule has 0 spiro atoms. The molecule has 0 amide bonds. The molecule has 1 nitrogen and oxygen atoms in total. The minimum absolute atomic E-state index is 0.209. The molecular formula is C25H18O. The lowest BCUT2D eigenvalue weighted by Crippen LogP contribution is -1.94. The predicted molar refractivity (Wildman–Crippen MR) is 107 cm³/mol. The van der Waals surface area contributed by atoms with E-state index in [9.17, 15) is 5.11 Å². The van der Waals surface area contributed by atoms with Crippen LogP contribution in [0.5, 0.6) is 5.75 Å². The van der Waals surface area contributed by atoms with E-state index in [2.05, 4.69) is 66.7 Å². The summed E-state index contributed by atoms with van der Waals surface area (Å²) in [5, 5.41) is 12.9. The largest absolute Gasteiger partial charge is 0.507 e. The molecule has 0 aromatic heterocycles. The molecule has 0 saturated heterocycles. The summed E-state index contributed by atoms with van der Waals surface area (Å²) in [6, 6.07) is 31.1. The van der Waals surface area contributed by atoms with Crippen molar-refractivity contribution < 1.29 is 5.11 Å². The van der Waals surface area contributed by atoms with Gasteiger partial charge in [-0.15, -0.1) is 0 Å². The number of rotatable bonds is 2. The van der Waals surface area contributed by atoms with E-state index in [0.717, 1.165) is 21.9 Å². The summed E-state index contributed by atoms with van der Waals surface area (Å²) in [5.41, 5.74) is 5.81. The van der Waals surface area contributed by atoms with Crippen LogP contribution in [0.2, 0.25) is 0 Å². The van der Waals surface area contributed by atoms with E-state index < -0.39 is 0 Å². The van der Waals surface area contributed by atoms with Gasteiger partial charge in [0.1, 0.15) is 5.75 Å². The van der Waals surface area contributed by atoms with Crippen LogP contribution < -0.4 is 0 Å². The first-order valence-electron chi connectivity index (χ1n) is 8.90. The van der Waals surface area contributed by atoms with Gasteiger partial charge in [0.2, 0.25) is 0 Å². The zero-order chi connectivity index (χ0) is 17.5. The lowest BCUT2D eigenvalue weighted by atomic mass is 9.92. The van der Waals surface area contributed by atoms with Gasteiger partial charge in [-0.1, -0.05) is 91.0 Å². The minimum Gasteiger partial charge on any atom is -0.507 e. The lowest BCUT2D eigenvalue weighted by Gasteiger charge is -2.12. The molecule has 0 heterocycles. The van der Waals surface area contributed by atoms with Crippen LogP contribution in [0, 0.1) is 0 Å². The Morgan fingerprint density at radius 1 is 0.654 bits per heavy atom. The molecule has 0 saturated carbocycles. The monoisotopic (exact) mass is 334 g/mol. The van der Waals surface area contributed by atoms with E-state index in [4.69, 9.17) is 0 Å². The third-order valence-corrected chi connectivity index (χ3v) is 5.25. The quantitative estimate of drug-likeness (QED) is 0.468. The molecule has 0 fully saturated rings. The molecule has 1 aliphatic carbocycles. The van der Waals surface area contributed by atoms with Crippen LogP contribution in [0.25, 0.3) is 16.3 Å². The maximum atomic E-state index is 10.7. The van der Waals surface area contributed by atoms with Crippen LogP contribution in [0.1, 0.15) is 28.2 Å². The van der Waals surface area contributed by atoms with E-state index in [0.29, 0.717) is 5.75 Å². The third kappa shape index (κ3) is 2.25. The molecule has 1 heteroatoms. The zero-order valence-electron chi connectivity index (χ0n) is 14.3. The highest BCUT2D eigenvalue weighted by molar-refractivity contribution is 6.02. The van der Waals surface area contributed by atoms with Crippen LogP contribution in [0.4, 0.5) is 0 Å². The van der Waals surface area contributed by atoms with E-state index >= 15 is 0 Å². The second kappa shape index (κ2) is 5.89. The van der Waals surface area contributed by atoms with Crippen molar-refractivity contribution in [3.05, 3.63) is 119 Å². The fraction of sp³-hybridized carbons (Fsp3) is 0.0400. The number of allylic oxidation sites excluding steroid dienone is 1. The molecule has 0 aliphatic heterocycles. The highest BCUT2D eigenvalue weighted by Crippen LogP contribution is 2.46. The maximum Gasteiger partial charge on any atom is 0.124 e. The average Bonchev–Trinajstić information content (AvgIpc) is 3.08. The Labute approximate surface area is 152 Å². The summed E-state index contributed by atoms with van der Waals surface area (Å²) in [5.74, 6) is 0.541. The molecule has 1 unspecified atom stereocenters. The number of hydrogen-bond donors (Lipinski definition) is 1. The average molecular weight is 334 g/mol. The summed E-state index contributed by atoms with van der Waals surface area (Å²) < 4.78 is 0. The topological polar surface area (TPSA) is 20.2 Å². The van der Waals surface area contributed by atoms with Gasteiger partial charge in [-0.05, 0) is 39.1 Å². The van der Waals surface area contributed by atoms with Crippen LogP contribution in [-0.4, -0.2) is 5.11 Å². The molecule has 1 aliphatic rings. The summed E-state index contributed by atoms with van der Waals surface area (Å²) in [7, 11) is 0. The first-order valence-corrected chi connectivity index (χ1v) is 8.90. The van der Waals surface area contributed by atoms with Crippen LogP contribution >= 0.6 is 0 Å². The van der Waals surface area contributed by atoms with Crippen molar-refractivity contribution in [2.45, 2.75) is 5.92 Å². The molecule has 0 radical (unpaired) electrons. The van der Waals surface area contributed by atoms with Gasteiger partial charge >= 0.3 is 0 Å². The van der Waals surface area contributed by atoms with E-state index in [1.165, 1.54) is 16.7 Å². The second-order valence-corrected chi connectivity index (χ2v) is 6.74. The number of phenols is 1. The first kappa shape index (κ1) is 15.0. The molecule has 124 valence electrons.